The summed E-state index contributed by atoms with van der Waals surface area (Å²) in [5.41, 5.74) is 1.36. The van der Waals surface area contributed by atoms with Gasteiger partial charge in [0, 0.05) is 50.3 Å². The SMILES string of the molecule is Cc1cc(N2CCN(c3nccnc3C#N)CC2)nc(C)n1. The van der Waals surface area contributed by atoms with E-state index in [2.05, 4.69) is 35.8 Å². The van der Waals surface area contributed by atoms with Gasteiger partial charge in [0.15, 0.2) is 11.5 Å². The maximum atomic E-state index is 9.13. The van der Waals surface area contributed by atoms with Gasteiger partial charge < -0.3 is 9.80 Å². The first kappa shape index (κ1) is 14.2. The van der Waals surface area contributed by atoms with Crippen LogP contribution in [0, 0.1) is 25.2 Å². The lowest BCUT2D eigenvalue weighted by atomic mass is 10.2. The van der Waals surface area contributed by atoms with Gasteiger partial charge in [-0.1, -0.05) is 0 Å². The van der Waals surface area contributed by atoms with Crippen molar-refractivity contribution >= 4 is 11.6 Å². The van der Waals surface area contributed by atoms with Crippen LogP contribution in [0.3, 0.4) is 0 Å². The highest BCUT2D eigenvalue weighted by Gasteiger charge is 2.21. The maximum Gasteiger partial charge on any atom is 0.183 e. The summed E-state index contributed by atoms with van der Waals surface area (Å²) >= 11 is 0. The van der Waals surface area contributed by atoms with Gasteiger partial charge in [0.25, 0.3) is 0 Å². The van der Waals surface area contributed by atoms with Crippen molar-refractivity contribution in [3.8, 4) is 6.07 Å². The molecule has 0 amide bonds. The van der Waals surface area contributed by atoms with Crippen molar-refractivity contribution in [1.29, 1.82) is 5.26 Å². The van der Waals surface area contributed by atoms with Gasteiger partial charge >= 0.3 is 0 Å². The third kappa shape index (κ3) is 2.81. The van der Waals surface area contributed by atoms with Crippen LogP contribution in [0.15, 0.2) is 18.5 Å². The highest BCUT2D eigenvalue weighted by molar-refractivity contribution is 5.51. The fraction of sp³-hybridized carbons (Fsp3) is 0.400. The second-order valence-corrected chi connectivity index (χ2v) is 5.23. The summed E-state index contributed by atoms with van der Waals surface area (Å²) in [6.45, 7) is 7.12. The number of rotatable bonds is 2. The van der Waals surface area contributed by atoms with Gasteiger partial charge in [-0.25, -0.2) is 19.9 Å². The van der Waals surface area contributed by atoms with Gasteiger partial charge in [0.2, 0.25) is 0 Å². The molecule has 1 fully saturated rings. The Bertz CT molecular complexity index is 694. The van der Waals surface area contributed by atoms with Crippen LogP contribution >= 0.6 is 0 Å². The lowest BCUT2D eigenvalue weighted by Crippen LogP contribution is -2.47. The molecule has 112 valence electrons. The van der Waals surface area contributed by atoms with Gasteiger partial charge in [0.1, 0.15) is 17.7 Å². The molecule has 1 aliphatic rings. The zero-order chi connectivity index (χ0) is 15.5. The Kier molecular flexibility index (Phi) is 3.83. The summed E-state index contributed by atoms with van der Waals surface area (Å²) in [4.78, 5) is 21.5. The maximum absolute atomic E-state index is 9.13. The Morgan fingerprint density at radius 3 is 2.36 bits per heavy atom. The lowest BCUT2D eigenvalue weighted by molar-refractivity contribution is 0.637. The normalized spacial score (nSPS) is 14.8. The molecule has 7 nitrogen and oxygen atoms in total. The topological polar surface area (TPSA) is 81.8 Å². The van der Waals surface area contributed by atoms with Crippen molar-refractivity contribution in [2.75, 3.05) is 36.0 Å². The second kappa shape index (κ2) is 5.93. The van der Waals surface area contributed by atoms with Gasteiger partial charge in [0.05, 0.1) is 0 Å². The number of aromatic nitrogens is 4. The first-order valence-corrected chi connectivity index (χ1v) is 7.20. The van der Waals surface area contributed by atoms with E-state index in [4.69, 9.17) is 5.26 Å². The van der Waals surface area contributed by atoms with E-state index in [9.17, 15) is 0 Å². The standard InChI is InChI=1S/C15H17N7/c1-11-9-14(20-12(2)19-11)21-5-7-22(8-6-21)15-13(10-16)17-3-4-18-15/h3-4,9H,5-8H2,1-2H3. The molecule has 0 radical (unpaired) electrons. The third-order valence-corrected chi connectivity index (χ3v) is 3.64. The van der Waals surface area contributed by atoms with Crippen LogP contribution in [0.25, 0.3) is 0 Å². The number of anilines is 2. The minimum Gasteiger partial charge on any atom is -0.353 e. The molecule has 7 heteroatoms. The highest BCUT2D eigenvalue weighted by atomic mass is 15.3. The largest absolute Gasteiger partial charge is 0.353 e. The van der Waals surface area contributed by atoms with E-state index in [-0.39, 0.29) is 0 Å². The van der Waals surface area contributed by atoms with E-state index in [1.54, 1.807) is 12.4 Å². The van der Waals surface area contributed by atoms with Crippen LogP contribution in [0.1, 0.15) is 17.2 Å². The lowest BCUT2D eigenvalue weighted by Gasteiger charge is -2.36. The molecule has 0 saturated carbocycles. The Morgan fingerprint density at radius 2 is 1.68 bits per heavy atom. The van der Waals surface area contributed by atoms with Crippen LogP contribution in [-0.4, -0.2) is 46.1 Å². The van der Waals surface area contributed by atoms with Gasteiger partial charge in [-0.2, -0.15) is 5.26 Å². The molecule has 0 N–H and O–H groups in total. The molecule has 22 heavy (non-hydrogen) atoms. The molecule has 3 rings (SSSR count). The number of nitrogens with zero attached hydrogens (tertiary/aromatic N) is 7. The number of hydrogen-bond acceptors (Lipinski definition) is 7. The predicted molar refractivity (Wildman–Crippen MR) is 82.7 cm³/mol. The zero-order valence-corrected chi connectivity index (χ0v) is 12.7. The first-order valence-electron chi connectivity index (χ1n) is 7.20. The van der Waals surface area contributed by atoms with Crippen molar-refractivity contribution < 1.29 is 0 Å². The van der Waals surface area contributed by atoms with Crippen LogP contribution in [0.2, 0.25) is 0 Å². The van der Waals surface area contributed by atoms with Crippen molar-refractivity contribution in [1.82, 2.24) is 19.9 Å². The Hall–Kier alpha value is -2.75. The quantitative estimate of drug-likeness (QED) is 0.820. The first-order chi connectivity index (χ1) is 10.7. The summed E-state index contributed by atoms with van der Waals surface area (Å²) in [7, 11) is 0. The number of piperazine rings is 1. The summed E-state index contributed by atoms with van der Waals surface area (Å²) in [6, 6.07) is 4.11. The summed E-state index contributed by atoms with van der Waals surface area (Å²) in [6.07, 6.45) is 3.17. The number of hydrogen-bond donors (Lipinski definition) is 0. The molecule has 0 unspecified atom stereocenters. The number of nitriles is 1. The molecular weight excluding hydrogens is 278 g/mol. The second-order valence-electron chi connectivity index (χ2n) is 5.23. The molecule has 0 aromatic carbocycles. The Balaban J connectivity index is 1.74. The van der Waals surface area contributed by atoms with Crippen LogP contribution in [0.5, 0.6) is 0 Å². The van der Waals surface area contributed by atoms with Crippen LogP contribution in [-0.2, 0) is 0 Å². The molecule has 2 aromatic heterocycles. The van der Waals surface area contributed by atoms with E-state index >= 15 is 0 Å². The minimum absolute atomic E-state index is 0.379. The molecule has 0 bridgehead atoms. The molecule has 2 aromatic rings. The Labute approximate surface area is 129 Å². The molecule has 0 aliphatic carbocycles. The van der Waals surface area contributed by atoms with Crippen molar-refractivity contribution in [2.45, 2.75) is 13.8 Å². The molecule has 1 aliphatic heterocycles. The van der Waals surface area contributed by atoms with E-state index in [0.717, 1.165) is 43.5 Å². The molecular formula is C15H17N7. The molecule has 0 spiro atoms. The minimum atomic E-state index is 0.379. The zero-order valence-electron chi connectivity index (χ0n) is 12.7. The summed E-state index contributed by atoms with van der Waals surface area (Å²) in [5.74, 6) is 2.42. The smallest absolute Gasteiger partial charge is 0.183 e. The van der Waals surface area contributed by atoms with E-state index in [1.807, 2.05) is 19.9 Å². The fourth-order valence-corrected chi connectivity index (χ4v) is 2.65. The Morgan fingerprint density at radius 1 is 1.00 bits per heavy atom. The average Bonchev–Trinajstić information content (AvgIpc) is 2.54. The fourth-order valence-electron chi connectivity index (χ4n) is 2.65. The van der Waals surface area contributed by atoms with E-state index in [1.165, 1.54) is 0 Å². The van der Waals surface area contributed by atoms with Gasteiger partial charge in [-0.3, -0.25) is 0 Å². The molecule has 1 saturated heterocycles. The van der Waals surface area contributed by atoms with Crippen molar-refractivity contribution in [3.63, 3.8) is 0 Å². The predicted octanol–water partition coefficient (Wildman–Crippen LogP) is 1.08. The molecule has 3 heterocycles. The average molecular weight is 295 g/mol. The van der Waals surface area contributed by atoms with Crippen LogP contribution < -0.4 is 9.80 Å². The number of aryl methyl sites for hydroxylation is 2. The van der Waals surface area contributed by atoms with E-state index < -0.39 is 0 Å². The monoisotopic (exact) mass is 295 g/mol. The van der Waals surface area contributed by atoms with Crippen molar-refractivity contribution in [2.24, 2.45) is 0 Å². The van der Waals surface area contributed by atoms with Crippen LogP contribution in [0.4, 0.5) is 11.6 Å². The van der Waals surface area contributed by atoms with Gasteiger partial charge in [-0.15, -0.1) is 0 Å². The molecule has 0 atom stereocenters. The van der Waals surface area contributed by atoms with Crippen molar-refractivity contribution in [3.05, 3.63) is 35.7 Å². The third-order valence-electron chi connectivity index (χ3n) is 3.64. The summed E-state index contributed by atoms with van der Waals surface area (Å²) < 4.78 is 0. The van der Waals surface area contributed by atoms with E-state index in [0.29, 0.717) is 11.5 Å². The summed E-state index contributed by atoms with van der Waals surface area (Å²) in [5, 5.41) is 9.13. The highest BCUT2D eigenvalue weighted by Crippen LogP contribution is 2.19. The van der Waals surface area contributed by atoms with Gasteiger partial charge in [-0.05, 0) is 13.8 Å².